The second-order valence-electron chi connectivity index (χ2n) is 8.68. The van der Waals surface area contributed by atoms with Crippen LogP contribution in [0.15, 0.2) is 30.3 Å². The molecule has 0 saturated carbocycles. The summed E-state index contributed by atoms with van der Waals surface area (Å²) < 4.78 is 5.64. The van der Waals surface area contributed by atoms with E-state index in [-0.39, 0.29) is 24.2 Å². The lowest BCUT2D eigenvalue weighted by Gasteiger charge is -2.24. The summed E-state index contributed by atoms with van der Waals surface area (Å²) in [6.45, 7) is 6.47. The number of carbonyl (C=O) groups is 4. The molecule has 1 fully saturated rings. The molecule has 1 saturated heterocycles. The number of alkyl carbamates (subject to hydrolysis) is 1. The van der Waals surface area contributed by atoms with Gasteiger partial charge in [0.15, 0.2) is 0 Å². The van der Waals surface area contributed by atoms with Crippen LogP contribution in [0.2, 0.25) is 0 Å². The Morgan fingerprint density at radius 2 is 1.94 bits per heavy atom. The smallest absolute Gasteiger partial charge is 0.408 e. The molecular weight excluding hydrogens is 410 g/mol. The fraction of sp³-hybridized carbons (Fsp3) is 0.583. The Hall–Kier alpha value is -2.90. The summed E-state index contributed by atoms with van der Waals surface area (Å²) in [6.07, 6.45) is 2.32. The Kier molecular flexibility index (Phi) is 10.2. The third kappa shape index (κ3) is 7.98. The molecule has 8 heteroatoms. The standard InChI is InChI=1S/C24H35N3O5/c1-4-8-21(17-9-6-5-7-10-17)32-24(31)27-20(13-16(2)3)23(30)26-19(15-28)14-18-11-12-25-22(18)29/h5-7,9-10,15-16,18-21H,4,8,11-14H2,1-3H3,(H,25,29)(H,26,30)(H,27,31). The molecule has 1 aliphatic rings. The highest BCUT2D eigenvalue weighted by molar-refractivity contribution is 5.88. The largest absolute Gasteiger partial charge is 0.441 e. The topological polar surface area (TPSA) is 114 Å². The van der Waals surface area contributed by atoms with Gasteiger partial charge in [-0.25, -0.2) is 4.79 Å². The Balaban J connectivity index is 2.00. The van der Waals surface area contributed by atoms with Crippen molar-refractivity contribution in [2.45, 2.75) is 71.1 Å². The number of rotatable bonds is 12. The summed E-state index contributed by atoms with van der Waals surface area (Å²) in [5.41, 5.74) is 0.894. The molecule has 0 radical (unpaired) electrons. The monoisotopic (exact) mass is 445 g/mol. The molecule has 1 aromatic carbocycles. The number of amides is 3. The Morgan fingerprint density at radius 3 is 2.50 bits per heavy atom. The van der Waals surface area contributed by atoms with Crippen molar-refractivity contribution < 1.29 is 23.9 Å². The maximum absolute atomic E-state index is 12.9. The minimum Gasteiger partial charge on any atom is -0.441 e. The first-order valence-electron chi connectivity index (χ1n) is 11.4. The van der Waals surface area contributed by atoms with Gasteiger partial charge in [0.05, 0.1) is 6.04 Å². The number of hydrogen-bond donors (Lipinski definition) is 3. The van der Waals surface area contributed by atoms with Crippen LogP contribution < -0.4 is 16.0 Å². The molecule has 0 aromatic heterocycles. The van der Waals surface area contributed by atoms with E-state index >= 15 is 0 Å². The van der Waals surface area contributed by atoms with Crippen LogP contribution in [0.5, 0.6) is 0 Å². The van der Waals surface area contributed by atoms with Gasteiger partial charge in [-0.15, -0.1) is 0 Å². The maximum atomic E-state index is 12.9. The van der Waals surface area contributed by atoms with Gasteiger partial charge < -0.3 is 25.5 Å². The van der Waals surface area contributed by atoms with Crippen molar-refractivity contribution in [3.63, 3.8) is 0 Å². The first-order valence-corrected chi connectivity index (χ1v) is 11.4. The van der Waals surface area contributed by atoms with Crippen LogP contribution in [0, 0.1) is 11.8 Å². The zero-order valence-electron chi connectivity index (χ0n) is 19.1. The predicted octanol–water partition coefficient (Wildman–Crippen LogP) is 2.88. The lowest BCUT2D eigenvalue weighted by atomic mass is 9.98. The Labute approximate surface area is 189 Å². The van der Waals surface area contributed by atoms with Gasteiger partial charge in [-0.3, -0.25) is 9.59 Å². The molecule has 1 aliphatic heterocycles. The average Bonchev–Trinajstić information content (AvgIpc) is 3.17. The van der Waals surface area contributed by atoms with Crippen molar-refractivity contribution in [1.82, 2.24) is 16.0 Å². The SMILES string of the molecule is CCCC(OC(=O)NC(CC(C)C)C(=O)NC(C=O)CC1CCNC1=O)c1ccccc1. The first kappa shape index (κ1) is 25.4. The van der Waals surface area contributed by atoms with E-state index in [1.807, 2.05) is 51.1 Å². The van der Waals surface area contributed by atoms with Crippen LogP contribution in [0.1, 0.15) is 64.5 Å². The zero-order chi connectivity index (χ0) is 23.5. The molecule has 1 aromatic rings. The number of carbonyl (C=O) groups excluding carboxylic acids is 4. The fourth-order valence-electron chi connectivity index (χ4n) is 3.84. The number of ether oxygens (including phenoxy) is 1. The molecule has 3 amide bonds. The lowest BCUT2D eigenvalue weighted by Crippen LogP contribution is -2.51. The van der Waals surface area contributed by atoms with E-state index in [0.717, 1.165) is 12.0 Å². The van der Waals surface area contributed by atoms with Crippen molar-refractivity contribution in [3.8, 4) is 0 Å². The van der Waals surface area contributed by atoms with Crippen LogP contribution in [-0.4, -0.2) is 42.8 Å². The van der Waals surface area contributed by atoms with Crippen LogP contribution in [0.3, 0.4) is 0 Å². The van der Waals surface area contributed by atoms with E-state index < -0.39 is 30.2 Å². The van der Waals surface area contributed by atoms with Crippen LogP contribution in [0.4, 0.5) is 4.79 Å². The fourth-order valence-corrected chi connectivity index (χ4v) is 3.84. The summed E-state index contributed by atoms with van der Waals surface area (Å²) in [6, 6.07) is 7.84. The highest BCUT2D eigenvalue weighted by atomic mass is 16.6. The van der Waals surface area contributed by atoms with Crippen molar-refractivity contribution in [3.05, 3.63) is 35.9 Å². The zero-order valence-corrected chi connectivity index (χ0v) is 19.1. The molecule has 0 bridgehead atoms. The molecular formula is C24H35N3O5. The molecule has 32 heavy (non-hydrogen) atoms. The van der Waals surface area contributed by atoms with E-state index in [2.05, 4.69) is 16.0 Å². The van der Waals surface area contributed by atoms with Gasteiger partial charge in [0.25, 0.3) is 0 Å². The summed E-state index contributed by atoms with van der Waals surface area (Å²) in [4.78, 5) is 48.8. The lowest BCUT2D eigenvalue weighted by molar-refractivity contribution is -0.127. The molecule has 8 nitrogen and oxygen atoms in total. The van der Waals surface area contributed by atoms with Gasteiger partial charge in [-0.05, 0) is 37.2 Å². The third-order valence-corrected chi connectivity index (χ3v) is 5.48. The van der Waals surface area contributed by atoms with Crippen LogP contribution in [-0.2, 0) is 19.1 Å². The maximum Gasteiger partial charge on any atom is 0.408 e. The van der Waals surface area contributed by atoms with E-state index in [1.54, 1.807) is 0 Å². The average molecular weight is 446 g/mol. The third-order valence-electron chi connectivity index (χ3n) is 5.48. The summed E-state index contributed by atoms with van der Waals surface area (Å²) in [5, 5.41) is 8.08. The molecule has 4 atom stereocenters. The van der Waals surface area contributed by atoms with Crippen LogP contribution in [0.25, 0.3) is 0 Å². The number of aldehydes is 1. The molecule has 2 rings (SSSR count). The van der Waals surface area contributed by atoms with Crippen LogP contribution >= 0.6 is 0 Å². The van der Waals surface area contributed by atoms with Gasteiger partial charge in [0.2, 0.25) is 11.8 Å². The van der Waals surface area contributed by atoms with Crippen molar-refractivity contribution in [1.29, 1.82) is 0 Å². The highest BCUT2D eigenvalue weighted by Crippen LogP contribution is 2.23. The Morgan fingerprint density at radius 1 is 1.22 bits per heavy atom. The van der Waals surface area contributed by atoms with Gasteiger partial charge in [-0.1, -0.05) is 57.5 Å². The molecule has 3 N–H and O–H groups in total. The predicted molar refractivity (Wildman–Crippen MR) is 121 cm³/mol. The van der Waals surface area contributed by atoms with E-state index in [4.69, 9.17) is 4.74 Å². The van der Waals surface area contributed by atoms with E-state index in [9.17, 15) is 19.2 Å². The molecule has 1 heterocycles. The van der Waals surface area contributed by atoms with E-state index in [1.165, 1.54) is 0 Å². The van der Waals surface area contributed by atoms with Crippen molar-refractivity contribution in [2.24, 2.45) is 11.8 Å². The van der Waals surface area contributed by atoms with Gasteiger partial charge >= 0.3 is 6.09 Å². The van der Waals surface area contributed by atoms with Gasteiger partial charge in [0, 0.05) is 12.5 Å². The number of benzene rings is 1. The first-order chi connectivity index (χ1) is 15.3. The van der Waals surface area contributed by atoms with Crippen molar-refractivity contribution in [2.75, 3.05) is 6.54 Å². The highest BCUT2D eigenvalue weighted by Gasteiger charge is 2.30. The Bertz CT molecular complexity index is 768. The van der Waals surface area contributed by atoms with E-state index in [0.29, 0.717) is 32.1 Å². The normalized spacial score (nSPS) is 18.4. The minimum atomic E-state index is -0.847. The second-order valence-corrected chi connectivity index (χ2v) is 8.68. The quantitative estimate of drug-likeness (QED) is 0.428. The molecule has 0 aliphatic carbocycles. The van der Waals surface area contributed by atoms with Gasteiger partial charge in [0.1, 0.15) is 18.4 Å². The summed E-state index contributed by atoms with van der Waals surface area (Å²) in [5.74, 6) is -0.734. The summed E-state index contributed by atoms with van der Waals surface area (Å²) in [7, 11) is 0. The summed E-state index contributed by atoms with van der Waals surface area (Å²) >= 11 is 0. The number of nitrogens with one attached hydrogen (secondary N) is 3. The minimum absolute atomic E-state index is 0.102. The molecule has 4 unspecified atom stereocenters. The second kappa shape index (κ2) is 12.8. The molecule has 176 valence electrons. The molecule has 0 spiro atoms. The number of hydrogen-bond acceptors (Lipinski definition) is 5. The van der Waals surface area contributed by atoms with Crippen molar-refractivity contribution >= 4 is 24.2 Å². The van der Waals surface area contributed by atoms with Gasteiger partial charge in [-0.2, -0.15) is 0 Å².